The molecule has 0 aromatic rings. The molecule has 3 aliphatic rings. The van der Waals surface area contributed by atoms with E-state index in [1.54, 1.807) is 0 Å². The lowest BCUT2D eigenvalue weighted by atomic mass is 10.2. The molecule has 0 saturated carbocycles. The number of nitrogens with zero attached hydrogens (tertiary/aromatic N) is 1. The number of nitrogens with one attached hydrogen (secondary N) is 1. The van der Waals surface area contributed by atoms with Crippen molar-refractivity contribution in [3.8, 4) is 0 Å². The van der Waals surface area contributed by atoms with E-state index in [0.29, 0.717) is 18.2 Å². The summed E-state index contributed by atoms with van der Waals surface area (Å²) < 4.78 is 11.3. The molecule has 92 valence electrons. The summed E-state index contributed by atoms with van der Waals surface area (Å²) >= 11 is 0. The summed E-state index contributed by atoms with van der Waals surface area (Å²) in [4.78, 5) is 2.57. The molecule has 0 aromatic heterocycles. The molecule has 3 saturated heterocycles. The Kier molecular flexibility index (Phi) is 3.43. The van der Waals surface area contributed by atoms with Gasteiger partial charge in [-0.25, -0.2) is 0 Å². The summed E-state index contributed by atoms with van der Waals surface area (Å²) in [5.41, 5.74) is 0. The van der Waals surface area contributed by atoms with Crippen LogP contribution in [0.3, 0.4) is 0 Å². The van der Waals surface area contributed by atoms with Crippen molar-refractivity contribution in [3.63, 3.8) is 0 Å². The van der Waals surface area contributed by atoms with Crippen molar-refractivity contribution >= 4 is 0 Å². The smallest absolute Gasteiger partial charge is 0.0707 e. The van der Waals surface area contributed by atoms with Gasteiger partial charge in [0.15, 0.2) is 0 Å². The van der Waals surface area contributed by atoms with Crippen molar-refractivity contribution in [3.05, 3.63) is 0 Å². The van der Waals surface area contributed by atoms with E-state index < -0.39 is 0 Å². The van der Waals surface area contributed by atoms with E-state index in [9.17, 15) is 0 Å². The third kappa shape index (κ3) is 2.56. The number of hydrogen-bond donors (Lipinski definition) is 1. The third-order valence-electron chi connectivity index (χ3n) is 3.91. The van der Waals surface area contributed by atoms with Gasteiger partial charge < -0.3 is 14.8 Å². The normalized spacial score (nSPS) is 40.1. The van der Waals surface area contributed by atoms with Crippen molar-refractivity contribution in [2.45, 2.75) is 37.5 Å². The fourth-order valence-electron chi connectivity index (χ4n) is 3.03. The second kappa shape index (κ2) is 5.00. The molecule has 4 heteroatoms. The zero-order chi connectivity index (χ0) is 10.8. The van der Waals surface area contributed by atoms with Gasteiger partial charge in [-0.3, -0.25) is 4.90 Å². The van der Waals surface area contributed by atoms with Crippen molar-refractivity contribution in [1.29, 1.82) is 0 Å². The van der Waals surface area contributed by atoms with Crippen LogP contribution in [0.4, 0.5) is 0 Å². The Morgan fingerprint density at radius 2 is 2.00 bits per heavy atom. The average Bonchev–Trinajstić information content (AvgIpc) is 2.67. The van der Waals surface area contributed by atoms with Crippen LogP contribution in [0.1, 0.15) is 19.3 Å². The van der Waals surface area contributed by atoms with Gasteiger partial charge in [-0.15, -0.1) is 0 Å². The number of hydrogen-bond acceptors (Lipinski definition) is 4. The number of rotatable bonds is 3. The largest absolute Gasteiger partial charge is 0.379 e. The fraction of sp³-hybridized carbons (Fsp3) is 1.00. The molecule has 0 aromatic carbocycles. The monoisotopic (exact) mass is 226 g/mol. The van der Waals surface area contributed by atoms with Gasteiger partial charge in [-0.1, -0.05) is 0 Å². The molecule has 4 nitrogen and oxygen atoms in total. The van der Waals surface area contributed by atoms with E-state index in [4.69, 9.17) is 9.47 Å². The molecule has 3 aliphatic heterocycles. The predicted octanol–water partition coefficient (Wildman–Crippen LogP) is 0.228. The highest BCUT2D eigenvalue weighted by atomic mass is 16.5. The quantitative estimate of drug-likeness (QED) is 0.747. The molecule has 3 unspecified atom stereocenters. The molecule has 2 bridgehead atoms. The van der Waals surface area contributed by atoms with Gasteiger partial charge in [0.1, 0.15) is 0 Å². The van der Waals surface area contributed by atoms with Crippen molar-refractivity contribution in [1.82, 2.24) is 10.2 Å². The summed E-state index contributed by atoms with van der Waals surface area (Å²) in [6.45, 7) is 6.25. The molecule has 0 radical (unpaired) electrons. The zero-order valence-corrected chi connectivity index (χ0v) is 9.86. The van der Waals surface area contributed by atoms with Crippen LogP contribution < -0.4 is 5.32 Å². The van der Waals surface area contributed by atoms with E-state index in [1.807, 2.05) is 0 Å². The maximum Gasteiger partial charge on any atom is 0.0707 e. The lowest BCUT2D eigenvalue weighted by Gasteiger charge is -2.33. The number of likely N-dealkylation sites (tertiary alicyclic amines) is 1. The standard InChI is InChI=1S/C12H22N2O2/c1-2-12-8-14(7-11(1)16-12)5-3-10-9-15-6-4-13-10/h10-13H,1-9H2. The van der Waals surface area contributed by atoms with Crippen LogP contribution in [0.25, 0.3) is 0 Å². The molecule has 3 atom stereocenters. The summed E-state index contributed by atoms with van der Waals surface area (Å²) in [6, 6.07) is 0.564. The first-order chi connectivity index (χ1) is 7.90. The molecule has 1 N–H and O–H groups in total. The third-order valence-corrected chi connectivity index (χ3v) is 3.91. The number of fused-ring (bicyclic) bond motifs is 2. The Balaban J connectivity index is 1.41. The Hall–Kier alpha value is -0.160. The molecular formula is C12H22N2O2. The summed E-state index contributed by atoms with van der Waals surface area (Å²) in [6.07, 6.45) is 4.79. The van der Waals surface area contributed by atoms with E-state index in [2.05, 4.69) is 10.2 Å². The molecule has 0 amide bonds. The molecule has 16 heavy (non-hydrogen) atoms. The van der Waals surface area contributed by atoms with Crippen molar-refractivity contribution in [2.24, 2.45) is 0 Å². The van der Waals surface area contributed by atoms with Gasteiger partial charge in [0.05, 0.1) is 25.4 Å². The number of ether oxygens (including phenoxy) is 2. The van der Waals surface area contributed by atoms with Gasteiger partial charge in [0, 0.05) is 25.7 Å². The highest BCUT2D eigenvalue weighted by Gasteiger charge is 2.33. The van der Waals surface area contributed by atoms with Crippen LogP contribution in [0.2, 0.25) is 0 Å². The molecular weight excluding hydrogens is 204 g/mol. The molecule has 3 fully saturated rings. The minimum absolute atomic E-state index is 0.523. The van der Waals surface area contributed by atoms with E-state index >= 15 is 0 Å². The van der Waals surface area contributed by atoms with Crippen LogP contribution in [0.15, 0.2) is 0 Å². The fourth-order valence-corrected chi connectivity index (χ4v) is 3.03. The van der Waals surface area contributed by atoms with Crippen molar-refractivity contribution < 1.29 is 9.47 Å². The Bertz CT molecular complexity index is 219. The van der Waals surface area contributed by atoms with Gasteiger partial charge in [0.25, 0.3) is 0 Å². The lowest BCUT2D eigenvalue weighted by molar-refractivity contribution is -0.0404. The topological polar surface area (TPSA) is 33.7 Å². The maximum atomic E-state index is 5.84. The first-order valence-corrected chi connectivity index (χ1v) is 6.59. The minimum atomic E-state index is 0.523. The maximum absolute atomic E-state index is 5.84. The molecule has 0 aliphatic carbocycles. The molecule has 0 spiro atoms. The first kappa shape index (κ1) is 11.0. The van der Waals surface area contributed by atoms with Gasteiger partial charge >= 0.3 is 0 Å². The molecule has 3 heterocycles. The number of morpholine rings is 2. The van der Waals surface area contributed by atoms with Gasteiger partial charge in [-0.2, -0.15) is 0 Å². The average molecular weight is 226 g/mol. The summed E-state index contributed by atoms with van der Waals surface area (Å²) in [5.74, 6) is 0. The van der Waals surface area contributed by atoms with Gasteiger partial charge in [0.2, 0.25) is 0 Å². The Morgan fingerprint density at radius 1 is 1.19 bits per heavy atom. The van der Waals surface area contributed by atoms with Crippen LogP contribution in [0, 0.1) is 0 Å². The van der Waals surface area contributed by atoms with E-state index in [0.717, 1.165) is 32.8 Å². The van der Waals surface area contributed by atoms with Crippen LogP contribution >= 0.6 is 0 Å². The first-order valence-electron chi connectivity index (χ1n) is 6.59. The summed E-state index contributed by atoms with van der Waals surface area (Å²) in [5, 5.41) is 3.51. The minimum Gasteiger partial charge on any atom is -0.379 e. The van der Waals surface area contributed by atoms with Crippen LogP contribution in [-0.4, -0.2) is 62.5 Å². The zero-order valence-electron chi connectivity index (χ0n) is 9.86. The lowest BCUT2D eigenvalue weighted by Crippen LogP contribution is -2.47. The summed E-state index contributed by atoms with van der Waals surface area (Å²) in [7, 11) is 0. The predicted molar refractivity (Wildman–Crippen MR) is 61.6 cm³/mol. The molecule has 3 rings (SSSR count). The second-order valence-corrected chi connectivity index (χ2v) is 5.23. The van der Waals surface area contributed by atoms with Gasteiger partial charge in [-0.05, 0) is 25.8 Å². The van der Waals surface area contributed by atoms with Crippen molar-refractivity contribution in [2.75, 3.05) is 39.4 Å². The Morgan fingerprint density at radius 3 is 2.69 bits per heavy atom. The van der Waals surface area contributed by atoms with E-state index in [1.165, 1.54) is 25.8 Å². The Labute approximate surface area is 97.3 Å². The highest BCUT2D eigenvalue weighted by molar-refractivity contribution is 4.85. The SMILES string of the molecule is C1COCC(CCN2CC3CCC(C2)O3)N1. The van der Waals surface area contributed by atoms with Crippen LogP contribution in [0.5, 0.6) is 0 Å². The van der Waals surface area contributed by atoms with E-state index in [-0.39, 0.29) is 0 Å². The second-order valence-electron chi connectivity index (χ2n) is 5.23. The highest BCUT2D eigenvalue weighted by Crippen LogP contribution is 2.26. The van der Waals surface area contributed by atoms with Crippen LogP contribution in [-0.2, 0) is 9.47 Å².